The van der Waals surface area contributed by atoms with Crippen LogP contribution in [0.4, 0.5) is 5.69 Å². The lowest BCUT2D eigenvalue weighted by Crippen LogP contribution is -2.33. The van der Waals surface area contributed by atoms with Crippen LogP contribution < -0.4 is 15.4 Å². The second-order valence-electron chi connectivity index (χ2n) is 6.44. The van der Waals surface area contributed by atoms with Gasteiger partial charge in [0.05, 0.1) is 0 Å². The normalized spacial score (nSPS) is 10.4. The monoisotopic (exact) mass is 392 g/mol. The van der Waals surface area contributed by atoms with Crippen LogP contribution in [0.1, 0.15) is 15.9 Å². The molecule has 7 heteroatoms. The first kappa shape index (κ1) is 19.9. The third-order valence-electron chi connectivity index (χ3n) is 4.20. The molecule has 0 saturated carbocycles. The third kappa shape index (κ3) is 5.10. The van der Waals surface area contributed by atoms with E-state index in [9.17, 15) is 14.4 Å². The number of amides is 2. The van der Waals surface area contributed by atoms with Gasteiger partial charge in [-0.15, -0.1) is 0 Å². The highest BCUT2D eigenvalue weighted by atomic mass is 16.5. The summed E-state index contributed by atoms with van der Waals surface area (Å²) in [7, 11) is 0. The smallest absolute Gasteiger partial charge is 0.322 e. The van der Waals surface area contributed by atoms with E-state index in [-0.39, 0.29) is 12.5 Å². The first-order valence-corrected chi connectivity index (χ1v) is 8.95. The summed E-state index contributed by atoms with van der Waals surface area (Å²) in [5, 5.41) is 15.1. The molecule has 0 aromatic heterocycles. The molecule has 0 spiro atoms. The first-order chi connectivity index (χ1) is 13.9. The van der Waals surface area contributed by atoms with Gasteiger partial charge in [-0.3, -0.25) is 14.4 Å². The van der Waals surface area contributed by atoms with Crippen LogP contribution in [0, 0.1) is 6.92 Å². The number of nitrogens with one attached hydrogen (secondary N) is 2. The van der Waals surface area contributed by atoms with Gasteiger partial charge in [-0.2, -0.15) is 0 Å². The zero-order valence-corrected chi connectivity index (χ0v) is 15.8. The van der Waals surface area contributed by atoms with Gasteiger partial charge in [0.1, 0.15) is 12.3 Å². The number of hydrogen-bond acceptors (Lipinski definition) is 4. The maximum Gasteiger partial charge on any atom is 0.322 e. The number of carboxylic acids is 1. The van der Waals surface area contributed by atoms with Gasteiger partial charge in [0.15, 0.2) is 6.61 Å². The van der Waals surface area contributed by atoms with Crippen LogP contribution in [0.5, 0.6) is 5.75 Å². The topological polar surface area (TPSA) is 105 Å². The Morgan fingerprint density at radius 1 is 0.966 bits per heavy atom. The van der Waals surface area contributed by atoms with Gasteiger partial charge in [-0.25, -0.2) is 0 Å². The number of carboxylic acid groups (broad SMARTS) is 1. The molecule has 2 amide bonds. The summed E-state index contributed by atoms with van der Waals surface area (Å²) < 4.78 is 5.55. The molecule has 3 aromatic rings. The van der Waals surface area contributed by atoms with Gasteiger partial charge in [-0.1, -0.05) is 36.4 Å². The number of benzene rings is 3. The molecule has 148 valence electrons. The minimum Gasteiger partial charge on any atom is -0.483 e. The summed E-state index contributed by atoms with van der Waals surface area (Å²) in [4.78, 5) is 35.0. The van der Waals surface area contributed by atoms with Crippen molar-refractivity contribution >= 4 is 34.2 Å². The summed E-state index contributed by atoms with van der Waals surface area (Å²) in [6, 6.07) is 18.0. The standard InChI is InChI=1S/C22H20N2O5/c1-14-5-4-6-15(11-14)24-22(28)18-9-10-19(17-8-3-2-7-16(17)18)29-13-20(25)23-12-21(26)27/h2-11H,12-13H2,1H3,(H,23,25)(H,24,28)(H,26,27). The molecule has 0 saturated heterocycles. The number of carbonyl (C=O) groups excluding carboxylic acids is 2. The van der Waals surface area contributed by atoms with Crippen LogP contribution in [0.15, 0.2) is 60.7 Å². The largest absolute Gasteiger partial charge is 0.483 e. The van der Waals surface area contributed by atoms with E-state index in [4.69, 9.17) is 9.84 Å². The zero-order valence-electron chi connectivity index (χ0n) is 15.8. The van der Waals surface area contributed by atoms with Crippen LogP contribution in [0.25, 0.3) is 10.8 Å². The number of hydrogen-bond donors (Lipinski definition) is 3. The molecule has 3 N–H and O–H groups in total. The molecule has 0 aliphatic carbocycles. The molecule has 3 rings (SSSR count). The maximum absolute atomic E-state index is 12.8. The van der Waals surface area contributed by atoms with Gasteiger partial charge >= 0.3 is 5.97 Å². The summed E-state index contributed by atoms with van der Waals surface area (Å²) in [6.07, 6.45) is 0. The van der Waals surface area contributed by atoms with E-state index in [1.807, 2.05) is 43.3 Å². The van der Waals surface area contributed by atoms with Crippen LogP contribution in [0.2, 0.25) is 0 Å². The Kier molecular flexibility index (Phi) is 6.09. The minimum absolute atomic E-state index is 0.252. The number of fused-ring (bicyclic) bond motifs is 1. The van der Waals surface area contributed by atoms with Gasteiger partial charge in [-0.05, 0) is 42.1 Å². The molecule has 7 nitrogen and oxygen atoms in total. The predicted octanol–water partition coefficient (Wildman–Crippen LogP) is 2.98. The van der Waals surface area contributed by atoms with E-state index < -0.39 is 18.4 Å². The molecule has 29 heavy (non-hydrogen) atoms. The third-order valence-corrected chi connectivity index (χ3v) is 4.20. The van der Waals surface area contributed by atoms with Crippen LogP contribution in [-0.2, 0) is 9.59 Å². The fourth-order valence-electron chi connectivity index (χ4n) is 2.89. The van der Waals surface area contributed by atoms with Gasteiger partial charge in [0.2, 0.25) is 0 Å². The van der Waals surface area contributed by atoms with E-state index in [1.54, 1.807) is 24.3 Å². The first-order valence-electron chi connectivity index (χ1n) is 8.95. The average Bonchev–Trinajstić information content (AvgIpc) is 2.70. The van der Waals surface area contributed by atoms with Crippen LogP contribution in [-0.4, -0.2) is 36.0 Å². The Morgan fingerprint density at radius 3 is 2.45 bits per heavy atom. The van der Waals surface area contributed by atoms with Crippen molar-refractivity contribution in [1.29, 1.82) is 0 Å². The van der Waals surface area contributed by atoms with Crippen molar-refractivity contribution in [2.45, 2.75) is 6.92 Å². The quantitative estimate of drug-likeness (QED) is 0.573. The van der Waals surface area contributed by atoms with Crippen LogP contribution >= 0.6 is 0 Å². The fraction of sp³-hybridized carbons (Fsp3) is 0.136. The number of aliphatic carboxylic acids is 1. The highest BCUT2D eigenvalue weighted by molar-refractivity contribution is 6.14. The number of aryl methyl sites for hydroxylation is 1. The predicted molar refractivity (Wildman–Crippen MR) is 109 cm³/mol. The molecule has 0 heterocycles. The Balaban J connectivity index is 1.80. The summed E-state index contributed by atoms with van der Waals surface area (Å²) >= 11 is 0. The van der Waals surface area contributed by atoms with Crippen molar-refractivity contribution in [3.63, 3.8) is 0 Å². The van der Waals surface area contributed by atoms with E-state index >= 15 is 0 Å². The summed E-state index contributed by atoms with van der Waals surface area (Å²) in [6.45, 7) is 1.15. The van der Waals surface area contributed by atoms with E-state index in [0.717, 1.165) is 5.56 Å². The molecular formula is C22H20N2O5. The molecule has 0 fully saturated rings. The second kappa shape index (κ2) is 8.88. The SMILES string of the molecule is Cc1cccc(NC(=O)c2ccc(OCC(=O)NCC(=O)O)c3ccccc23)c1. The Labute approximate surface area is 167 Å². The van der Waals surface area contributed by atoms with E-state index in [1.165, 1.54) is 0 Å². The molecule has 0 aliphatic heterocycles. The Hall–Kier alpha value is -3.87. The molecule has 3 aromatic carbocycles. The molecule has 0 atom stereocenters. The van der Waals surface area contributed by atoms with Crippen molar-refractivity contribution in [2.24, 2.45) is 0 Å². The number of ether oxygens (including phenoxy) is 1. The van der Waals surface area contributed by atoms with Crippen molar-refractivity contribution < 1.29 is 24.2 Å². The minimum atomic E-state index is -1.13. The Morgan fingerprint density at radius 2 is 1.72 bits per heavy atom. The molecular weight excluding hydrogens is 372 g/mol. The van der Waals surface area contributed by atoms with Crippen LogP contribution in [0.3, 0.4) is 0 Å². The van der Waals surface area contributed by atoms with Gasteiger partial charge in [0.25, 0.3) is 11.8 Å². The number of rotatable bonds is 7. The average molecular weight is 392 g/mol. The van der Waals surface area contributed by atoms with Gasteiger partial charge in [0, 0.05) is 16.6 Å². The highest BCUT2D eigenvalue weighted by Gasteiger charge is 2.14. The molecule has 0 unspecified atom stereocenters. The van der Waals surface area contributed by atoms with Crippen molar-refractivity contribution in [2.75, 3.05) is 18.5 Å². The fourth-order valence-corrected chi connectivity index (χ4v) is 2.89. The highest BCUT2D eigenvalue weighted by Crippen LogP contribution is 2.29. The lowest BCUT2D eigenvalue weighted by molar-refractivity contribution is -0.138. The number of anilines is 1. The summed E-state index contributed by atoms with van der Waals surface area (Å²) in [5.74, 6) is -1.50. The Bertz CT molecular complexity index is 1080. The number of carbonyl (C=O) groups is 3. The van der Waals surface area contributed by atoms with Gasteiger partial charge < -0.3 is 20.5 Å². The molecule has 0 bridgehead atoms. The molecule has 0 aliphatic rings. The van der Waals surface area contributed by atoms with Crippen molar-refractivity contribution in [3.05, 3.63) is 71.8 Å². The summed E-state index contributed by atoms with van der Waals surface area (Å²) in [5.41, 5.74) is 2.22. The lowest BCUT2D eigenvalue weighted by atomic mass is 10.0. The maximum atomic E-state index is 12.8. The van der Waals surface area contributed by atoms with E-state index in [0.29, 0.717) is 27.8 Å². The second-order valence-corrected chi connectivity index (χ2v) is 6.44. The van der Waals surface area contributed by atoms with E-state index in [2.05, 4.69) is 10.6 Å². The molecule has 0 radical (unpaired) electrons. The zero-order chi connectivity index (χ0) is 20.8. The van der Waals surface area contributed by atoms with Crippen molar-refractivity contribution in [1.82, 2.24) is 5.32 Å². The van der Waals surface area contributed by atoms with Crippen molar-refractivity contribution in [3.8, 4) is 5.75 Å². The lowest BCUT2D eigenvalue weighted by Gasteiger charge is -2.13.